The van der Waals surface area contributed by atoms with Crippen LogP contribution >= 0.6 is 0 Å². The Morgan fingerprint density at radius 1 is 1.04 bits per heavy atom. The van der Waals surface area contributed by atoms with Gasteiger partial charge in [-0.3, -0.25) is 0 Å². The minimum atomic E-state index is 0.487. The van der Waals surface area contributed by atoms with Crippen LogP contribution in [0.25, 0.3) is 0 Å². The third kappa shape index (κ3) is 5.46. The predicted molar refractivity (Wildman–Crippen MR) is 105 cm³/mol. The molecular weight excluding hydrogens is 340 g/mol. The van der Waals surface area contributed by atoms with E-state index in [-0.39, 0.29) is 0 Å². The zero-order valence-electron chi connectivity index (χ0n) is 15.6. The summed E-state index contributed by atoms with van der Waals surface area (Å²) in [4.78, 5) is 17.4. The van der Waals surface area contributed by atoms with Crippen LogP contribution in [0.2, 0.25) is 0 Å². The molecule has 0 atom stereocenters. The molecule has 0 bridgehead atoms. The highest BCUT2D eigenvalue weighted by Gasteiger charge is 2.06. The molecule has 3 N–H and O–H groups in total. The van der Waals surface area contributed by atoms with Crippen LogP contribution in [0.1, 0.15) is 29.6 Å². The summed E-state index contributed by atoms with van der Waals surface area (Å²) in [6.45, 7) is 5.03. The zero-order chi connectivity index (χ0) is 19.1. The molecule has 140 valence electrons. The van der Waals surface area contributed by atoms with Crippen molar-refractivity contribution in [1.29, 1.82) is 0 Å². The van der Waals surface area contributed by atoms with Gasteiger partial charge >= 0.3 is 0 Å². The molecule has 0 spiro atoms. The summed E-state index contributed by atoms with van der Waals surface area (Å²) in [5.41, 5.74) is 8.67. The molecule has 0 saturated heterocycles. The molecule has 0 saturated carbocycles. The first-order chi connectivity index (χ1) is 13.2. The van der Waals surface area contributed by atoms with Gasteiger partial charge in [0.25, 0.3) is 0 Å². The molecule has 3 rings (SSSR count). The van der Waals surface area contributed by atoms with E-state index in [1.807, 2.05) is 49.6 Å². The van der Waals surface area contributed by atoms with Crippen LogP contribution < -0.4 is 15.8 Å². The number of hydrogen-bond acceptors (Lipinski definition) is 7. The molecule has 27 heavy (non-hydrogen) atoms. The molecule has 3 aromatic rings. The van der Waals surface area contributed by atoms with Gasteiger partial charge in [-0.25, -0.2) is 15.0 Å². The maximum Gasteiger partial charge on any atom is 0.222 e. The quantitative estimate of drug-likeness (QED) is 0.634. The standard InChI is InChI=1S/C20H24N6O/c1-3-15-11-22-20(23-12-15)24-13-17-10-19(26-14(2)25-17)27-18-6-4-16(5-7-18)8-9-21/h4-7,10-12H,3,8-9,13,21H2,1-2H3,(H,22,23,24). The lowest BCUT2D eigenvalue weighted by atomic mass is 10.1. The summed E-state index contributed by atoms with van der Waals surface area (Å²) < 4.78 is 5.87. The number of ether oxygens (including phenoxy) is 1. The molecule has 2 heterocycles. The lowest BCUT2D eigenvalue weighted by molar-refractivity contribution is 0.458. The SMILES string of the molecule is CCc1cnc(NCc2cc(Oc3ccc(CCN)cc3)nc(C)n2)nc1. The summed E-state index contributed by atoms with van der Waals surface area (Å²) in [5, 5.41) is 3.17. The van der Waals surface area contributed by atoms with Gasteiger partial charge in [0.15, 0.2) is 0 Å². The van der Waals surface area contributed by atoms with Gasteiger partial charge in [-0.15, -0.1) is 0 Å². The van der Waals surface area contributed by atoms with Crippen LogP contribution in [-0.4, -0.2) is 26.5 Å². The summed E-state index contributed by atoms with van der Waals surface area (Å²) in [6, 6.07) is 9.67. The average molecular weight is 364 g/mol. The number of hydrogen-bond donors (Lipinski definition) is 2. The van der Waals surface area contributed by atoms with Crippen molar-refractivity contribution < 1.29 is 4.74 Å². The largest absolute Gasteiger partial charge is 0.439 e. The molecule has 0 aliphatic carbocycles. The van der Waals surface area contributed by atoms with E-state index in [1.165, 1.54) is 5.56 Å². The van der Waals surface area contributed by atoms with Gasteiger partial charge < -0.3 is 15.8 Å². The Kier molecular flexibility index (Phi) is 6.27. The molecule has 7 heteroatoms. The Hall–Kier alpha value is -3.06. The second kappa shape index (κ2) is 9.05. The number of nitrogens with zero attached hydrogens (tertiary/aromatic N) is 4. The minimum absolute atomic E-state index is 0.487. The van der Waals surface area contributed by atoms with Gasteiger partial charge in [0.1, 0.15) is 11.6 Å². The van der Waals surface area contributed by atoms with Gasteiger partial charge in [0, 0.05) is 18.5 Å². The molecule has 2 aromatic heterocycles. The van der Waals surface area contributed by atoms with Crippen LogP contribution in [-0.2, 0) is 19.4 Å². The van der Waals surface area contributed by atoms with Gasteiger partial charge in [-0.05, 0) is 49.6 Å². The topological polar surface area (TPSA) is 98.8 Å². The number of nitrogens with one attached hydrogen (secondary N) is 1. The van der Waals surface area contributed by atoms with Crippen molar-refractivity contribution in [3.8, 4) is 11.6 Å². The number of aromatic nitrogens is 4. The molecule has 1 aromatic carbocycles. The van der Waals surface area contributed by atoms with Crippen LogP contribution in [0.5, 0.6) is 11.6 Å². The molecule has 0 radical (unpaired) electrons. The Bertz CT molecular complexity index is 865. The number of benzene rings is 1. The first-order valence-electron chi connectivity index (χ1n) is 9.02. The summed E-state index contributed by atoms with van der Waals surface area (Å²) in [5.74, 6) is 2.45. The van der Waals surface area contributed by atoms with E-state index < -0.39 is 0 Å². The number of nitrogens with two attached hydrogens (primary N) is 1. The molecule has 0 fully saturated rings. The second-order valence-electron chi connectivity index (χ2n) is 6.15. The fourth-order valence-electron chi connectivity index (χ4n) is 2.55. The van der Waals surface area contributed by atoms with E-state index >= 15 is 0 Å². The Morgan fingerprint density at radius 3 is 2.44 bits per heavy atom. The van der Waals surface area contributed by atoms with Crippen molar-refractivity contribution in [2.45, 2.75) is 33.2 Å². The second-order valence-corrected chi connectivity index (χ2v) is 6.15. The van der Waals surface area contributed by atoms with Gasteiger partial charge in [0.05, 0.1) is 12.2 Å². The van der Waals surface area contributed by atoms with Crippen molar-refractivity contribution in [3.05, 3.63) is 65.4 Å². The molecule has 0 unspecified atom stereocenters. The Morgan fingerprint density at radius 2 is 1.78 bits per heavy atom. The third-order valence-corrected chi connectivity index (χ3v) is 3.99. The lowest BCUT2D eigenvalue weighted by Gasteiger charge is -2.09. The highest BCUT2D eigenvalue weighted by atomic mass is 16.5. The summed E-state index contributed by atoms with van der Waals surface area (Å²) >= 11 is 0. The molecule has 0 amide bonds. The van der Waals surface area contributed by atoms with E-state index in [9.17, 15) is 0 Å². The van der Waals surface area contributed by atoms with Crippen LogP contribution in [0.4, 0.5) is 5.95 Å². The van der Waals surface area contributed by atoms with Crippen molar-refractivity contribution in [3.63, 3.8) is 0 Å². The fourth-order valence-corrected chi connectivity index (χ4v) is 2.55. The van der Waals surface area contributed by atoms with Crippen molar-refractivity contribution in [1.82, 2.24) is 19.9 Å². The van der Waals surface area contributed by atoms with Crippen molar-refractivity contribution in [2.24, 2.45) is 5.73 Å². The fraction of sp³-hybridized carbons (Fsp3) is 0.300. The summed E-state index contributed by atoms with van der Waals surface area (Å²) in [6.07, 6.45) is 5.41. The number of anilines is 1. The molecule has 7 nitrogen and oxygen atoms in total. The molecular formula is C20H24N6O. The van der Waals surface area contributed by atoms with Crippen molar-refractivity contribution in [2.75, 3.05) is 11.9 Å². The number of rotatable bonds is 8. The minimum Gasteiger partial charge on any atom is -0.439 e. The smallest absolute Gasteiger partial charge is 0.222 e. The summed E-state index contributed by atoms with van der Waals surface area (Å²) in [7, 11) is 0. The first-order valence-corrected chi connectivity index (χ1v) is 9.02. The highest BCUT2D eigenvalue weighted by Crippen LogP contribution is 2.21. The molecule has 0 aliphatic rings. The van der Waals surface area contributed by atoms with E-state index in [0.717, 1.165) is 29.8 Å². The van der Waals surface area contributed by atoms with Crippen LogP contribution in [0.3, 0.4) is 0 Å². The van der Waals surface area contributed by atoms with Crippen LogP contribution in [0.15, 0.2) is 42.7 Å². The van der Waals surface area contributed by atoms with E-state index in [4.69, 9.17) is 10.5 Å². The normalized spacial score (nSPS) is 10.6. The van der Waals surface area contributed by atoms with Crippen LogP contribution in [0, 0.1) is 6.92 Å². The maximum atomic E-state index is 5.87. The van der Waals surface area contributed by atoms with Gasteiger partial charge in [-0.1, -0.05) is 19.1 Å². The molecule has 0 aliphatic heterocycles. The highest BCUT2D eigenvalue weighted by molar-refractivity contribution is 5.32. The lowest BCUT2D eigenvalue weighted by Crippen LogP contribution is -2.07. The predicted octanol–water partition coefficient (Wildman–Crippen LogP) is 3.04. The average Bonchev–Trinajstić information content (AvgIpc) is 2.68. The Labute approximate surface area is 159 Å². The zero-order valence-corrected chi connectivity index (χ0v) is 15.6. The van der Waals surface area contributed by atoms with E-state index in [0.29, 0.717) is 30.7 Å². The third-order valence-electron chi connectivity index (χ3n) is 3.99. The van der Waals surface area contributed by atoms with E-state index in [2.05, 4.69) is 32.2 Å². The Balaban J connectivity index is 1.66. The number of aryl methyl sites for hydroxylation is 2. The van der Waals surface area contributed by atoms with Gasteiger partial charge in [0.2, 0.25) is 11.8 Å². The maximum absolute atomic E-state index is 5.87. The monoisotopic (exact) mass is 364 g/mol. The van der Waals surface area contributed by atoms with Gasteiger partial charge in [-0.2, -0.15) is 4.98 Å². The van der Waals surface area contributed by atoms with Crippen molar-refractivity contribution >= 4 is 5.95 Å². The first kappa shape index (κ1) is 18.7. The van der Waals surface area contributed by atoms with E-state index in [1.54, 1.807) is 0 Å².